The molecule has 0 fully saturated rings. The molecule has 0 N–H and O–H groups in total. The Bertz CT molecular complexity index is 1040. The molecule has 1 aromatic heterocycles. The lowest BCUT2D eigenvalue weighted by Crippen LogP contribution is -2.11. The fraction of sp³-hybridized carbons (Fsp3) is 0.269. The summed E-state index contributed by atoms with van der Waals surface area (Å²) in [6.45, 7) is 5.87. The molecule has 0 amide bonds. The van der Waals surface area contributed by atoms with Gasteiger partial charge in [-0.25, -0.2) is 0 Å². The van der Waals surface area contributed by atoms with Crippen molar-refractivity contribution in [2.24, 2.45) is 4.99 Å². The van der Waals surface area contributed by atoms with Gasteiger partial charge in [-0.05, 0) is 48.8 Å². The molecule has 1 aliphatic carbocycles. The second-order valence-corrected chi connectivity index (χ2v) is 8.64. The summed E-state index contributed by atoms with van der Waals surface area (Å²) < 4.78 is 2.17. The highest BCUT2D eigenvalue weighted by molar-refractivity contribution is 8.00. The van der Waals surface area contributed by atoms with E-state index in [1.165, 1.54) is 5.57 Å². The Labute approximate surface area is 195 Å². The summed E-state index contributed by atoms with van der Waals surface area (Å²) >= 11 is 1.66. The van der Waals surface area contributed by atoms with E-state index in [1.54, 1.807) is 24.0 Å². The first-order chi connectivity index (χ1) is 15.6. The SMILES string of the molecule is C=C/C=C\N=CC(Sc1nnc(CCC)n1-c1ccc(N(C)C)cc1)C1=CCC=CC=C1. The van der Waals surface area contributed by atoms with Crippen LogP contribution in [-0.2, 0) is 6.42 Å². The van der Waals surface area contributed by atoms with Crippen LogP contribution in [0.15, 0.2) is 95.3 Å². The van der Waals surface area contributed by atoms with Crippen LogP contribution in [0.2, 0.25) is 0 Å². The molecule has 0 aliphatic heterocycles. The zero-order valence-corrected chi connectivity index (χ0v) is 19.9. The normalized spacial score (nSPS) is 14.7. The van der Waals surface area contributed by atoms with Gasteiger partial charge in [0.25, 0.3) is 0 Å². The maximum atomic E-state index is 4.57. The third-order valence-electron chi connectivity index (χ3n) is 4.91. The summed E-state index contributed by atoms with van der Waals surface area (Å²) in [6.07, 6.45) is 20.7. The monoisotopic (exact) mass is 445 g/mol. The van der Waals surface area contributed by atoms with E-state index in [1.807, 2.05) is 26.4 Å². The molecule has 2 aromatic rings. The number of aliphatic imine (C=N–C) groups is 1. The van der Waals surface area contributed by atoms with E-state index in [9.17, 15) is 0 Å². The number of nitrogens with zero attached hydrogens (tertiary/aromatic N) is 5. The van der Waals surface area contributed by atoms with E-state index in [0.717, 1.165) is 41.6 Å². The molecule has 0 saturated heterocycles. The van der Waals surface area contributed by atoms with Crippen LogP contribution in [-0.4, -0.2) is 40.3 Å². The van der Waals surface area contributed by atoms with Crippen molar-refractivity contribution in [2.45, 2.75) is 36.6 Å². The Morgan fingerprint density at radius 3 is 2.75 bits per heavy atom. The Morgan fingerprint density at radius 2 is 2.03 bits per heavy atom. The molecule has 1 aliphatic rings. The first kappa shape index (κ1) is 23.5. The summed E-state index contributed by atoms with van der Waals surface area (Å²) in [7, 11) is 4.09. The Balaban J connectivity index is 1.98. The van der Waals surface area contributed by atoms with Gasteiger partial charge in [0.15, 0.2) is 5.16 Å². The number of anilines is 1. The van der Waals surface area contributed by atoms with Crippen molar-refractivity contribution in [1.29, 1.82) is 0 Å². The summed E-state index contributed by atoms with van der Waals surface area (Å²) in [5.41, 5.74) is 3.43. The molecule has 6 heteroatoms. The van der Waals surface area contributed by atoms with Crippen molar-refractivity contribution in [1.82, 2.24) is 14.8 Å². The topological polar surface area (TPSA) is 46.3 Å². The van der Waals surface area contributed by atoms with Gasteiger partial charge < -0.3 is 4.90 Å². The van der Waals surface area contributed by atoms with E-state index in [-0.39, 0.29) is 5.25 Å². The molecule has 1 unspecified atom stereocenters. The quantitative estimate of drug-likeness (QED) is 0.257. The summed E-state index contributed by atoms with van der Waals surface area (Å²) in [5.74, 6) is 0.974. The van der Waals surface area contributed by atoms with Crippen molar-refractivity contribution >= 4 is 23.7 Å². The molecular formula is C26H31N5S. The second kappa shape index (κ2) is 12.1. The largest absolute Gasteiger partial charge is 0.378 e. The zero-order valence-electron chi connectivity index (χ0n) is 19.1. The van der Waals surface area contributed by atoms with Crippen LogP contribution in [0.4, 0.5) is 5.69 Å². The minimum atomic E-state index is 0.0130. The number of allylic oxidation sites excluding steroid dienone is 7. The third kappa shape index (κ3) is 6.20. The Hall–Kier alpha value is -3.12. The molecule has 0 radical (unpaired) electrons. The number of hydrogen-bond donors (Lipinski definition) is 0. The van der Waals surface area contributed by atoms with Crippen LogP contribution < -0.4 is 4.90 Å². The van der Waals surface area contributed by atoms with Crippen LogP contribution in [0.1, 0.15) is 25.6 Å². The number of benzene rings is 1. The lowest BCUT2D eigenvalue weighted by molar-refractivity contribution is 0.784. The van der Waals surface area contributed by atoms with Gasteiger partial charge >= 0.3 is 0 Å². The van der Waals surface area contributed by atoms with Crippen LogP contribution >= 0.6 is 11.8 Å². The average molecular weight is 446 g/mol. The predicted octanol–water partition coefficient (Wildman–Crippen LogP) is 5.96. The summed E-state index contributed by atoms with van der Waals surface area (Å²) in [6, 6.07) is 8.51. The molecule has 0 saturated carbocycles. The number of aryl methyl sites for hydroxylation is 1. The molecule has 166 valence electrons. The van der Waals surface area contributed by atoms with E-state index in [0.29, 0.717) is 0 Å². The van der Waals surface area contributed by atoms with Gasteiger partial charge in [0, 0.05) is 44.3 Å². The molecular weight excluding hydrogens is 414 g/mol. The molecule has 1 aromatic carbocycles. The molecule has 0 spiro atoms. The first-order valence-corrected chi connectivity index (χ1v) is 11.7. The number of thioether (sulfide) groups is 1. The third-order valence-corrected chi connectivity index (χ3v) is 6.04. The standard InChI is InChI=1S/C26H31N5S/c1-5-7-19-27-20-24(21-13-10-8-9-11-14-21)32-26-29-28-25(12-6-2)31(26)23-17-15-22(16-18-23)30(3)4/h5,7-10,13-20,24H,1,6,11-12H2,2-4H3/b19-7-,27-20?. The van der Waals surface area contributed by atoms with E-state index in [4.69, 9.17) is 0 Å². The van der Waals surface area contributed by atoms with Gasteiger partial charge in [-0.1, -0.05) is 61.7 Å². The van der Waals surface area contributed by atoms with Gasteiger partial charge in [0.1, 0.15) is 5.82 Å². The van der Waals surface area contributed by atoms with Crippen molar-refractivity contribution in [3.05, 3.63) is 91.0 Å². The average Bonchev–Trinajstić information content (AvgIpc) is 2.99. The molecule has 1 atom stereocenters. The first-order valence-electron chi connectivity index (χ1n) is 10.9. The maximum Gasteiger partial charge on any atom is 0.196 e. The number of aromatic nitrogens is 3. The van der Waals surface area contributed by atoms with Crippen LogP contribution in [0.3, 0.4) is 0 Å². The summed E-state index contributed by atoms with van der Waals surface area (Å²) in [4.78, 5) is 6.58. The Morgan fingerprint density at radius 1 is 1.22 bits per heavy atom. The minimum absolute atomic E-state index is 0.0130. The van der Waals surface area contributed by atoms with E-state index >= 15 is 0 Å². The van der Waals surface area contributed by atoms with Crippen molar-refractivity contribution in [3.63, 3.8) is 0 Å². The van der Waals surface area contributed by atoms with E-state index < -0.39 is 0 Å². The molecule has 5 nitrogen and oxygen atoms in total. The maximum absolute atomic E-state index is 4.57. The second-order valence-electron chi connectivity index (χ2n) is 7.54. The number of hydrogen-bond acceptors (Lipinski definition) is 5. The highest BCUT2D eigenvalue weighted by atomic mass is 32.2. The lowest BCUT2D eigenvalue weighted by atomic mass is 10.1. The molecule has 3 rings (SSSR count). The fourth-order valence-electron chi connectivity index (χ4n) is 3.26. The van der Waals surface area contributed by atoms with Gasteiger partial charge in [-0.3, -0.25) is 9.56 Å². The minimum Gasteiger partial charge on any atom is -0.378 e. The van der Waals surface area contributed by atoms with Gasteiger partial charge in [-0.15, -0.1) is 10.2 Å². The van der Waals surface area contributed by atoms with Crippen molar-refractivity contribution < 1.29 is 0 Å². The van der Waals surface area contributed by atoms with Crippen molar-refractivity contribution in [2.75, 3.05) is 19.0 Å². The zero-order chi connectivity index (χ0) is 22.8. The summed E-state index contributed by atoms with van der Waals surface area (Å²) in [5, 5.41) is 9.98. The van der Waals surface area contributed by atoms with Gasteiger partial charge in [0.05, 0.1) is 5.25 Å². The van der Waals surface area contributed by atoms with Crippen molar-refractivity contribution in [3.8, 4) is 5.69 Å². The van der Waals surface area contributed by atoms with Crippen LogP contribution in [0.25, 0.3) is 5.69 Å². The highest BCUT2D eigenvalue weighted by Gasteiger charge is 2.20. The lowest BCUT2D eigenvalue weighted by Gasteiger charge is -2.16. The molecule has 1 heterocycles. The fourth-order valence-corrected chi connectivity index (χ4v) is 4.34. The number of rotatable bonds is 10. The molecule has 0 bridgehead atoms. The van der Waals surface area contributed by atoms with Gasteiger partial charge in [-0.2, -0.15) is 0 Å². The van der Waals surface area contributed by atoms with Crippen LogP contribution in [0.5, 0.6) is 0 Å². The van der Waals surface area contributed by atoms with Gasteiger partial charge in [0.2, 0.25) is 0 Å². The predicted molar refractivity (Wildman–Crippen MR) is 138 cm³/mol. The van der Waals surface area contributed by atoms with Crippen LogP contribution in [0, 0.1) is 0 Å². The van der Waals surface area contributed by atoms with E-state index in [2.05, 4.69) is 92.8 Å². The smallest absolute Gasteiger partial charge is 0.196 e. The molecule has 32 heavy (non-hydrogen) atoms. The Kier molecular flexibility index (Phi) is 8.87. The highest BCUT2D eigenvalue weighted by Crippen LogP contribution is 2.31.